The Balaban J connectivity index is 2.04. The van der Waals surface area contributed by atoms with Gasteiger partial charge < -0.3 is 14.6 Å². The molecule has 2 rings (SSSR count). The fraction of sp³-hybridized carbons (Fsp3) is 0.333. The van der Waals surface area contributed by atoms with Crippen LogP contribution >= 0.6 is 0 Å². The average Bonchev–Trinajstić information content (AvgIpc) is 2.71. The van der Waals surface area contributed by atoms with Gasteiger partial charge in [-0.2, -0.15) is 0 Å². The summed E-state index contributed by atoms with van der Waals surface area (Å²) in [7, 11) is 3.94. The van der Waals surface area contributed by atoms with Crippen LogP contribution in [0, 0.1) is 0 Å². The first-order valence-corrected chi connectivity index (χ1v) is 5.53. The fourth-order valence-electron chi connectivity index (χ4n) is 1.53. The zero-order valence-corrected chi connectivity index (χ0v) is 10.1. The average molecular weight is 232 g/mol. The summed E-state index contributed by atoms with van der Waals surface area (Å²) in [5, 5.41) is 2.83. The molecule has 0 aliphatic heterocycles. The van der Waals surface area contributed by atoms with Gasteiger partial charge in [0.15, 0.2) is 0 Å². The lowest BCUT2D eigenvalue weighted by molar-refractivity contribution is 0.0946. The Bertz CT molecular complexity index is 485. The molecule has 2 heterocycles. The molecule has 1 amide bonds. The molecule has 0 aliphatic rings. The van der Waals surface area contributed by atoms with Crippen LogP contribution in [0.1, 0.15) is 10.5 Å². The van der Waals surface area contributed by atoms with Crippen LogP contribution in [0.2, 0.25) is 0 Å². The Kier molecular flexibility index (Phi) is 3.39. The highest BCUT2D eigenvalue weighted by Gasteiger charge is 2.09. The van der Waals surface area contributed by atoms with E-state index in [4.69, 9.17) is 0 Å². The van der Waals surface area contributed by atoms with Crippen LogP contribution in [0.5, 0.6) is 0 Å². The maximum Gasteiger partial charge on any atom is 0.271 e. The summed E-state index contributed by atoms with van der Waals surface area (Å²) in [6.45, 7) is 1.44. The number of fused-ring (bicyclic) bond motifs is 1. The predicted molar refractivity (Wildman–Crippen MR) is 66.1 cm³/mol. The van der Waals surface area contributed by atoms with E-state index in [1.807, 2.05) is 47.8 Å². The Morgan fingerprint density at radius 3 is 3.00 bits per heavy atom. The van der Waals surface area contributed by atoms with Crippen molar-refractivity contribution in [1.29, 1.82) is 0 Å². The van der Waals surface area contributed by atoms with Crippen molar-refractivity contribution in [3.63, 3.8) is 0 Å². The monoisotopic (exact) mass is 232 g/mol. The summed E-state index contributed by atoms with van der Waals surface area (Å²) in [4.78, 5) is 18.1. The minimum absolute atomic E-state index is 0.129. The molecule has 5 nitrogen and oxygen atoms in total. The number of aromatic nitrogens is 2. The molecule has 0 radical (unpaired) electrons. The van der Waals surface area contributed by atoms with E-state index in [-0.39, 0.29) is 5.91 Å². The zero-order chi connectivity index (χ0) is 12.3. The third-order valence-corrected chi connectivity index (χ3v) is 2.44. The second-order valence-electron chi connectivity index (χ2n) is 4.15. The van der Waals surface area contributed by atoms with Gasteiger partial charge in [-0.3, -0.25) is 4.79 Å². The van der Waals surface area contributed by atoms with Crippen molar-refractivity contribution in [3.05, 3.63) is 36.3 Å². The number of rotatable bonds is 4. The van der Waals surface area contributed by atoms with Crippen molar-refractivity contribution >= 4 is 11.6 Å². The summed E-state index contributed by atoms with van der Waals surface area (Å²) < 4.78 is 1.83. The largest absolute Gasteiger partial charge is 0.349 e. The third kappa shape index (κ3) is 2.82. The van der Waals surface area contributed by atoms with Crippen molar-refractivity contribution in [1.82, 2.24) is 19.6 Å². The van der Waals surface area contributed by atoms with Gasteiger partial charge in [0.2, 0.25) is 0 Å². The number of carbonyl (C=O) groups excluding carboxylic acids is 1. The van der Waals surface area contributed by atoms with E-state index in [1.165, 1.54) is 0 Å². The van der Waals surface area contributed by atoms with E-state index < -0.39 is 0 Å². The summed E-state index contributed by atoms with van der Waals surface area (Å²) in [6.07, 6.45) is 3.61. The van der Waals surface area contributed by atoms with Gasteiger partial charge in [-0.25, -0.2) is 4.98 Å². The second kappa shape index (κ2) is 4.97. The van der Waals surface area contributed by atoms with Gasteiger partial charge in [-0.1, -0.05) is 6.07 Å². The molecular weight excluding hydrogens is 216 g/mol. The Morgan fingerprint density at radius 2 is 2.29 bits per heavy atom. The van der Waals surface area contributed by atoms with Crippen molar-refractivity contribution in [3.8, 4) is 0 Å². The molecule has 17 heavy (non-hydrogen) atoms. The van der Waals surface area contributed by atoms with Crippen LogP contribution in [-0.4, -0.2) is 47.4 Å². The van der Waals surface area contributed by atoms with Crippen LogP contribution in [0.4, 0.5) is 0 Å². The molecule has 0 aliphatic carbocycles. The minimum atomic E-state index is -0.129. The number of hydrogen-bond acceptors (Lipinski definition) is 3. The molecule has 1 N–H and O–H groups in total. The maximum atomic E-state index is 11.8. The van der Waals surface area contributed by atoms with Crippen molar-refractivity contribution in [2.24, 2.45) is 0 Å². The van der Waals surface area contributed by atoms with Crippen LogP contribution in [-0.2, 0) is 0 Å². The van der Waals surface area contributed by atoms with Gasteiger partial charge in [0.25, 0.3) is 5.91 Å². The SMILES string of the molecule is CN(C)CCNC(=O)c1cn2ccccc2n1. The summed E-state index contributed by atoms with van der Waals surface area (Å²) in [6, 6.07) is 5.68. The van der Waals surface area contributed by atoms with E-state index in [1.54, 1.807) is 6.20 Å². The highest BCUT2D eigenvalue weighted by atomic mass is 16.1. The molecule has 5 heteroatoms. The molecule has 0 bridgehead atoms. The number of nitrogens with one attached hydrogen (secondary N) is 1. The zero-order valence-electron chi connectivity index (χ0n) is 10.1. The fourth-order valence-corrected chi connectivity index (χ4v) is 1.53. The van der Waals surface area contributed by atoms with Crippen LogP contribution in [0.15, 0.2) is 30.6 Å². The normalized spacial score (nSPS) is 11.0. The lowest BCUT2D eigenvalue weighted by Gasteiger charge is -2.09. The number of nitrogens with zero attached hydrogens (tertiary/aromatic N) is 3. The van der Waals surface area contributed by atoms with E-state index in [2.05, 4.69) is 10.3 Å². The third-order valence-electron chi connectivity index (χ3n) is 2.44. The van der Waals surface area contributed by atoms with Crippen molar-refractivity contribution < 1.29 is 4.79 Å². The maximum absolute atomic E-state index is 11.8. The molecule has 0 spiro atoms. The first kappa shape index (κ1) is 11.6. The smallest absolute Gasteiger partial charge is 0.271 e. The quantitative estimate of drug-likeness (QED) is 0.841. The van der Waals surface area contributed by atoms with E-state index in [0.717, 1.165) is 12.2 Å². The van der Waals surface area contributed by atoms with Crippen LogP contribution in [0.25, 0.3) is 5.65 Å². The lowest BCUT2D eigenvalue weighted by atomic mass is 10.4. The molecule has 0 atom stereocenters. The van der Waals surface area contributed by atoms with Gasteiger partial charge in [0.05, 0.1) is 0 Å². The van der Waals surface area contributed by atoms with Crippen molar-refractivity contribution in [2.75, 3.05) is 27.2 Å². The molecule has 0 aromatic carbocycles. The van der Waals surface area contributed by atoms with Gasteiger partial charge in [-0.15, -0.1) is 0 Å². The highest BCUT2D eigenvalue weighted by Crippen LogP contribution is 2.03. The molecule has 0 unspecified atom stereocenters. The van der Waals surface area contributed by atoms with Gasteiger partial charge in [0, 0.05) is 25.5 Å². The highest BCUT2D eigenvalue weighted by molar-refractivity contribution is 5.92. The Hall–Kier alpha value is -1.88. The van der Waals surface area contributed by atoms with Crippen LogP contribution < -0.4 is 5.32 Å². The summed E-state index contributed by atoms with van der Waals surface area (Å²) in [5.41, 5.74) is 1.24. The number of likely N-dealkylation sites (N-methyl/N-ethyl adjacent to an activating group) is 1. The van der Waals surface area contributed by atoms with Gasteiger partial charge in [0.1, 0.15) is 11.3 Å². The summed E-state index contributed by atoms with van der Waals surface area (Å²) >= 11 is 0. The number of hydrogen-bond donors (Lipinski definition) is 1. The minimum Gasteiger partial charge on any atom is -0.349 e. The first-order valence-electron chi connectivity index (χ1n) is 5.53. The van der Waals surface area contributed by atoms with E-state index >= 15 is 0 Å². The first-order chi connectivity index (χ1) is 8.16. The number of imidazole rings is 1. The van der Waals surface area contributed by atoms with Crippen molar-refractivity contribution in [2.45, 2.75) is 0 Å². The standard InChI is InChI=1S/C12H16N4O/c1-15(2)8-6-13-12(17)10-9-16-7-4-3-5-11(16)14-10/h3-5,7,9H,6,8H2,1-2H3,(H,13,17). The van der Waals surface area contributed by atoms with E-state index in [9.17, 15) is 4.79 Å². The number of amides is 1. The number of pyridine rings is 1. The molecule has 2 aromatic heterocycles. The number of carbonyl (C=O) groups is 1. The Labute approximate surface area is 100 Å². The Morgan fingerprint density at radius 1 is 1.47 bits per heavy atom. The van der Waals surface area contributed by atoms with E-state index in [0.29, 0.717) is 12.2 Å². The van der Waals surface area contributed by atoms with Crippen LogP contribution in [0.3, 0.4) is 0 Å². The van der Waals surface area contributed by atoms with Gasteiger partial charge >= 0.3 is 0 Å². The molecule has 0 fully saturated rings. The molecule has 90 valence electrons. The predicted octanol–water partition coefficient (Wildman–Crippen LogP) is 0.626. The lowest BCUT2D eigenvalue weighted by Crippen LogP contribution is -2.31. The molecule has 0 saturated heterocycles. The van der Waals surface area contributed by atoms with Gasteiger partial charge in [-0.05, 0) is 26.2 Å². The molecular formula is C12H16N4O. The topological polar surface area (TPSA) is 49.6 Å². The molecule has 2 aromatic rings. The molecule has 0 saturated carbocycles. The summed E-state index contributed by atoms with van der Waals surface area (Å²) in [5.74, 6) is -0.129. The second-order valence-corrected chi connectivity index (χ2v) is 4.15.